The van der Waals surface area contributed by atoms with Gasteiger partial charge in [-0.15, -0.1) is 0 Å². The van der Waals surface area contributed by atoms with E-state index in [9.17, 15) is 13.6 Å². The molecular formula is C33H30F2N2O3. The Morgan fingerprint density at radius 3 is 2.35 bits per heavy atom. The fourth-order valence-corrected chi connectivity index (χ4v) is 5.11. The highest BCUT2D eigenvalue weighted by molar-refractivity contribution is 6.05. The molecule has 204 valence electrons. The van der Waals surface area contributed by atoms with Crippen LogP contribution < -0.4 is 4.90 Å². The number of allylic oxidation sites excluding steroid dienone is 4. The van der Waals surface area contributed by atoms with Crippen molar-refractivity contribution in [1.29, 1.82) is 0 Å². The van der Waals surface area contributed by atoms with E-state index in [0.29, 0.717) is 37.3 Å². The first-order valence-electron chi connectivity index (χ1n) is 13.2. The highest BCUT2D eigenvalue weighted by atomic mass is 19.1. The normalized spacial score (nSPS) is 18.9. The molecule has 2 unspecified atom stereocenters. The second-order valence-corrected chi connectivity index (χ2v) is 9.69. The third kappa shape index (κ3) is 6.20. The molecule has 7 heteroatoms. The number of amides is 1. The summed E-state index contributed by atoms with van der Waals surface area (Å²) in [7, 11) is 1.46. The number of benzene rings is 3. The molecule has 3 aromatic rings. The van der Waals surface area contributed by atoms with Gasteiger partial charge in [0, 0.05) is 5.69 Å². The molecule has 2 atom stereocenters. The molecule has 0 bridgehead atoms. The van der Waals surface area contributed by atoms with Crippen LogP contribution in [0.15, 0.2) is 120 Å². The number of carbonyl (C=O) groups is 1. The predicted octanol–water partition coefficient (Wildman–Crippen LogP) is 7.11. The Balaban J connectivity index is 1.37. The van der Waals surface area contributed by atoms with Crippen LogP contribution in [-0.4, -0.2) is 24.8 Å². The zero-order valence-corrected chi connectivity index (χ0v) is 22.2. The number of halogens is 2. The van der Waals surface area contributed by atoms with E-state index in [0.717, 1.165) is 22.5 Å². The maximum absolute atomic E-state index is 13.7. The van der Waals surface area contributed by atoms with Gasteiger partial charge in [-0.1, -0.05) is 59.8 Å². The molecule has 3 aromatic carbocycles. The van der Waals surface area contributed by atoms with Crippen molar-refractivity contribution in [2.75, 3.05) is 12.0 Å². The Morgan fingerprint density at radius 2 is 1.65 bits per heavy atom. The molecule has 0 radical (unpaired) electrons. The van der Waals surface area contributed by atoms with Crippen molar-refractivity contribution in [2.45, 2.75) is 31.9 Å². The fourth-order valence-electron chi connectivity index (χ4n) is 5.11. The van der Waals surface area contributed by atoms with Crippen molar-refractivity contribution in [2.24, 2.45) is 11.1 Å². The van der Waals surface area contributed by atoms with Gasteiger partial charge in [-0.25, -0.2) is 8.78 Å². The standard InChI is InChI=1S/C33H30F2N2O3/c1-39-36-31(24-10-13-26(34)14-11-24)21-20-30-32(37(33(30)38)28-17-15-27(35)16-18-28)25-8-5-9-29(19-12-25)40-22-23-6-3-2-4-7-23/h2-7,9-19,30,32H,8,20-22H2,1H3. The maximum Gasteiger partial charge on any atom is 0.233 e. The van der Waals surface area contributed by atoms with E-state index in [4.69, 9.17) is 9.57 Å². The first-order chi connectivity index (χ1) is 19.5. The summed E-state index contributed by atoms with van der Waals surface area (Å²) in [5.41, 5.74) is 4.15. The average Bonchev–Trinajstić information content (AvgIpc) is 3.21. The predicted molar refractivity (Wildman–Crippen MR) is 151 cm³/mol. The Labute approximate surface area is 232 Å². The molecule has 2 aliphatic rings. The van der Waals surface area contributed by atoms with Crippen molar-refractivity contribution >= 4 is 17.3 Å². The second kappa shape index (κ2) is 12.6. The molecule has 1 saturated heterocycles. The molecule has 1 aliphatic carbocycles. The average molecular weight is 541 g/mol. The highest BCUT2D eigenvalue weighted by Crippen LogP contribution is 2.41. The van der Waals surface area contributed by atoms with E-state index in [2.05, 4.69) is 5.16 Å². The molecule has 5 rings (SSSR count). The smallest absolute Gasteiger partial charge is 0.233 e. The molecule has 0 spiro atoms. The number of ether oxygens (including phenoxy) is 1. The Morgan fingerprint density at radius 1 is 0.950 bits per heavy atom. The van der Waals surface area contributed by atoms with Crippen LogP contribution in [-0.2, 0) is 21.0 Å². The van der Waals surface area contributed by atoms with E-state index >= 15 is 0 Å². The first-order valence-corrected chi connectivity index (χ1v) is 13.2. The lowest BCUT2D eigenvalue weighted by Gasteiger charge is -2.48. The molecular weight excluding hydrogens is 510 g/mol. The number of rotatable bonds is 10. The van der Waals surface area contributed by atoms with Crippen LogP contribution in [0.25, 0.3) is 0 Å². The molecule has 5 nitrogen and oxygen atoms in total. The highest BCUT2D eigenvalue weighted by Gasteiger charge is 2.49. The second-order valence-electron chi connectivity index (χ2n) is 9.69. The summed E-state index contributed by atoms with van der Waals surface area (Å²) < 4.78 is 33.2. The van der Waals surface area contributed by atoms with Gasteiger partial charge in [-0.3, -0.25) is 4.79 Å². The first kappa shape index (κ1) is 27.1. The number of anilines is 1. The van der Waals surface area contributed by atoms with Gasteiger partial charge in [-0.05, 0) is 84.5 Å². The SMILES string of the molecule is CON=C(CCC1C(=O)N(c2ccc(F)cc2)C1C1=CC=C(OCc2ccccc2)C=CC1)c1ccc(F)cc1. The van der Waals surface area contributed by atoms with E-state index in [1.165, 1.54) is 31.4 Å². The minimum atomic E-state index is -0.357. The number of carbonyl (C=O) groups excluding carboxylic acids is 1. The minimum Gasteiger partial charge on any atom is -0.489 e. The largest absolute Gasteiger partial charge is 0.489 e. The van der Waals surface area contributed by atoms with Gasteiger partial charge in [0.15, 0.2) is 0 Å². The zero-order chi connectivity index (χ0) is 27.9. The number of oxime groups is 1. The van der Waals surface area contributed by atoms with Crippen molar-refractivity contribution in [3.8, 4) is 0 Å². The molecule has 1 heterocycles. The van der Waals surface area contributed by atoms with Crippen molar-refractivity contribution < 1.29 is 23.1 Å². The van der Waals surface area contributed by atoms with Crippen LogP contribution in [0.4, 0.5) is 14.5 Å². The monoisotopic (exact) mass is 540 g/mol. The van der Waals surface area contributed by atoms with Gasteiger partial charge in [0.05, 0.1) is 17.7 Å². The third-order valence-corrected chi connectivity index (χ3v) is 7.12. The van der Waals surface area contributed by atoms with Crippen LogP contribution in [0.3, 0.4) is 0 Å². The molecule has 40 heavy (non-hydrogen) atoms. The Kier molecular flexibility index (Phi) is 8.50. The van der Waals surface area contributed by atoms with Gasteiger partial charge in [0.2, 0.25) is 5.91 Å². The molecule has 0 N–H and O–H groups in total. The van der Waals surface area contributed by atoms with Crippen LogP contribution in [0, 0.1) is 17.6 Å². The van der Waals surface area contributed by atoms with Crippen molar-refractivity contribution in [1.82, 2.24) is 0 Å². The van der Waals surface area contributed by atoms with Gasteiger partial charge in [0.1, 0.15) is 31.1 Å². The van der Waals surface area contributed by atoms with Gasteiger partial charge in [0.25, 0.3) is 0 Å². The third-order valence-electron chi connectivity index (χ3n) is 7.12. The lowest BCUT2D eigenvalue weighted by atomic mass is 9.77. The van der Waals surface area contributed by atoms with Gasteiger partial charge < -0.3 is 14.5 Å². The molecule has 1 aliphatic heterocycles. The topological polar surface area (TPSA) is 51.1 Å². The summed E-state index contributed by atoms with van der Waals surface area (Å²) in [4.78, 5) is 20.3. The maximum atomic E-state index is 13.7. The van der Waals surface area contributed by atoms with Crippen LogP contribution >= 0.6 is 0 Å². The summed E-state index contributed by atoms with van der Waals surface area (Å²) in [6, 6.07) is 21.8. The number of hydrogen-bond donors (Lipinski definition) is 0. The lowest BCUT2D eigenvalue weighted by molar-refractivity contribution is -0.129. The van der Waals surface area contributed by atoms with E-state index in [-0.39, 0.29) is 29.5 Å². The van der Waals surface area contributed by atoms with E-state index in [1.807, 2.05) is 54.6 Å². The summed E-state index contributed by atoms with van der Waals surface area (Å²) in [5.74, 6) is -0.304. The van der Waals surface area contributed by atoms with Crippen LogP contribution in [0.2, 0.25) is 0 Å². The number of β-lactam (4-membered cyclic amide) rings is 1. The van der Waals surface area contributed by atoms with E-state index < -0.39 is 0 Å². The lowest BCUT2D eigenvalue weighted by Crippen LogP contribution is -2.62. The number of nitrogens with zero attached hydrogens (tertiary/aromatic N) is 2. The zero-order valence-electron chi connectivity index (χ0n) is 22.2. The number of hydrogen-bond acceptors (Lipinski definition) is 4. The summed E-state index contributed by atoms with van der Waals surface area (Å²) in [5, 5.41) is 4.15. The summed E-state index contributed by atoms with van der Waals surface area (Å²) in [6.07, 6.45) is 9.55. The van der Waals surface area contributed by atoms with Gasteiger partial charge in [-0.2, -0.15) is 0 Å². The van der Waals surface area contributed by atoms with Gasteiger partial charge >= 0.3 is 0 Å². The molecule has 1 amide bonds. The van der Waals surface area contributed by atoms with Crippen LogP contribution in [0.1, 0.15) is 30.4 Å². The summed E-state index contributed by atoms with van der Waals surface area (Å²) in [6.45, 7) is 0.456. The van der Waals surface area contributed by atoms with Crippen molar-refractivity contribution in [3.63, 3.8) is 0 Å². The molecule has 1 fully saturated rings. The fraction of sp³-hybridized carbons (Fsp3) is 0.212. The molecule has 0 saturated carbocycles. The Bertz CT molecular complexity index is 1450. The van der Waals surface area contributed by atoms with E-state index in [1.54, 1.807) is 29.2 Å². The Hall–Kier alpha value is -4.52. The van der Waals surface area contributed by atoms with Crippen LogP contribution in [0.5, 0.6) is 0 Å². The summed E-state index contributed by atoms with van der Waals surface area (Å²) >= 11 is 0. The minimum absolute atomic E-state index is 0.0360. The van der Waals surface area contributed by atoms with Crippen molar-refractivity contribution in [3.05, 3.63) is 137 Å². The molecule has 0 aromatic heterocycles. The quantitative estimate of drug-likeness (QED) is 0.156.